The molecule has 26 heavy (non-hydrogen) atoms. The average Bonchev–Trinajstić information content (AvgIpc) is 3.20. The fourth-order valence-electron chi connectivity index (χ4n) is 3.84. The summed E-state index contributed by atoms with van der Waals surface area (Å²) in [6.45, 7) is 9.34. The SMILES string of the molecule is CCCNS(=O)(=O)c1ccc2c(c1)C(C)(C)CN2CC(=O)N1CCCC1. The lowest BCUT2D eigenvalue weighted by Crippen LogP contribution is -2.40. The third-order valence-electron chi connectivity index (χ3n) is 5.26. The van der Waals surface area contributed by atoms with Crippen LogP contribution >= 0.6 is 0 Å². The van der Waals surface area contributed by atoms with Gasteiger partial charge in [-0.25, -0.2) is 13.1 Å². The van der Waals surface area contributed by atoms with Crippen LogP contribution in [0.3, 0.4) is 0 Å². The molecule has 1 aromatic rings. The molecule has 0 spiro atoms. The van der Waals surface area contributed by atoms with Gasteiger partial charge in [0.05, 0.1) is 11.4 Å². The number of nitrogens with one attached hydrogen (secondary N) is 1. The molecule has 1 saturated heterocycles. The second kappa shape index (κ2) is 7.19. The van der Waals surface area contributed by atoms with Gasteiger partial charge in [-0.05, 0) is 43.0 Å². The summed E-state index contributed by atoms with van der Waals surface area (Å²) in [7, 11) is -3.49. The maximum atomic E-state index is 12.5. The highest BCUT2D eigenvalue weighted by molar-refractivity contribution is 7.89. The van der Waals surface area contributed by atoms with Gasteiger partial charge in [0, 0.05) is 37.3 Å². The minimum atomic E-state index is -3.49. The summed E-state index contributed by atoms with van der Waals surface area (Å²) in [6, 6.07) is 5.26. The van der Waals surface area contributed by atoms with Crippen LogP contribution in [0.5, 0.6) is 0 Å². The van der Waals surface area contributed by atoms with Gasteiger partial charge in [0.2, 0.25) is 15.9 Å². The van der Waals surface area contributed by atoms with Crippen LogP contribution in [0.1, 0.15) is 45.6 Å². The number of nitrogens with zero attached hydrogens (tertiary/aromatic N) is 2. The zero-order valence-electron chi connectivity index (χ0n) is 15.9. The second-order valence-corrected chi connectivity index (χ2v) is 9.67. The maximum Gasteiger partial charge on any atom is 0.242 e. The van der Waals surface area contributed by atoms with E-state index in [0.29, 0.717) is 24.5 Å². The summed E-state index contributed by atoms with van der Waals surface area (Å²) in [5.74, 6) is 0.160. The van der Waals surface area contributed by atoms with Crippen molar-refractivity contribution in [3.63, 3.8) is 0 Å². The predicted molar refractivity (Wildman–Crippen MR) is 103 cm³/mol. The first-order valence-electron chi connectivity index (χ1n) is 9.41. The summed E-state index contributed by atoms with van der Waals surface area (Å²) in [6.07, 6.45) is 2.92. The van der Waals surface area contributed by atoms with Gasteiger partial charge < -0.3 is 9.80 Å². The number of amides is 1. The van der Waals surface area contributed by atoms with Gasteiger partial charge in [-0.15, -0.1) is 0 Å². The molecule has 7 heteroatoms. The molecule has 0 unspecified atom stereocenters. The lowest BCUT2D eigenvalue weighted by molar-refractivity contribution is -0.128. The number of anilines is 1. The van der Waals surface area contributed by atoms with Crippen LogP contribution < -0.4 is 9.62 Å². The third-order valence-corrected chi connectivity index (χ3v) is 6.72. The van der Waals surface area contributed by atoms with Crippen LogP contribution in [0.4, 0.5) is 5.69 Å². The molecule has 0 aliphatic carbocycles. The maximum absolute atomic E-state index is 12.5. The normalized spacial score (nSPS) is 19.0. The first-order valence-corrected chi connectivity index (χ1v) is 10.9. The minimum Gasteiger partial charge on any atom is -0.361 e. The van der Waals surface area contributed by atoms with Crippen molar-refractivity contribution in [1.29, 1.82) is 0 Å². The standard InChI is InChI=1S/C19H29N3O3S/c1-4-9-20-26(24,25)15-7-8-17-16(12-15)19(2,3)14-22(17)13-18(23)21-10-5-6-11-21/h7-8,12,20H,4-6,9-11,13-14H2,1-3H3. The zero-order chi connectivity index (χ0) is 18.9. The van der Waals surface area contributed by atoms with E-state index in [9.17, 15) is 13.2 Å². The molecule has 3 rings (SSSR count). The molecule has 144 valence electrons. The number of hydrogen-bond acceptors (Lipinski definition) is 4. The molecule has 2 aliphatic rings. The third kappa shape index (κ3) is 3.74. The molecule has 6 nitrogen and oxygen atoms in total. The van der Waals surface area contributed by atoms with Crippen LogP contribution in [0.2, 0.25) is 0 Å². The van der Waals surface area contributed by atoms with Crippen LogP contribution in [0.15, 0.2) is 23.1 Å². The van der Waals surface area contributed by atoms with E-state index in [-0.39, 0.29) is 11.3 Å². The Hall–Kier alpha value is -1.60. The summed E-state index contributed by atoms with van der Waals surface area (Å²) in [4.78, 5) is 16.9. The monoisotopic (exact) mass is 379 g/mol. The summed E-state index contributed by atoms with van der Waals surface area (Å²) < 4.78 is 27.5. The van der Waals surface area contributed by atoms with Crippen molar-refractivity contribution in [1.82, 2.24) is 9.62 Å². The molecular weight excluding hydrogens is 350 g/mol. The van der Waals surface area contributed by atoms with Crippen molar-refractivity contribution in [2.24, 2.45) is 0 Å². The van der Waals surface area contributed by atoms with Gasteiger partial charge >= 0.3 is 0 Å². The minimum absolute atomic E-state index is 0.160. The van der Waals surface area contributed by atoms with Crippen molar-refractivity contribution in [2.75, 3.05) is 37.6 Å². The van der Waals surface area contributed by atoms with Gasteiger partial charge in [0.15, 0.2) is 0 Å². The van der Waals surface area contributed by atoms with E-state index >= 15 is 0 Å². The number of benzene rings is 1. The Morgan fingerprint density at radius 2 is 1.92 bits per heavy atom. The van der Waals surface area contributed by atoms with E-state index in [0.717, 1.165) is 43.6 Å². The molecule has 0 aromatic heterocycles. The molecular formula is C19H29N3O3S. The number of likely N-dealkylation sites (tertiary alicyclic amines) is 1. The molecule has 1 aromatic carbocycles. The van der Waals surface area contributed by atoms with Crippen LogP contribution in [0, 0.1) is 0 Å². The van der Waals surface area contributed by atoms with Crippen molar-refractivity contribution in [3.05, 3.63) is 23.8 Å². The highest BCUT2D eigenvalue weighted by atomic mass is 32.2. The van der Waals surface area contributed by atoms with E-state index in [1.54, 1.807) is 12.1 Å². The van der Waals surface area contributed by atoms with Crippen molar-refractivity contribution >= 4 is 21.6 Å². The van der Waals surface area contributed by atoms with Crippen LogP contribution in [-0.4, -0.2) is 51.9 Å². The van der Waals surface area contributed by atoms with Crippen LogP contribution in [0.25, 0.3) is 0 Å². The van der Waals surface area contributed by atoms with Crippen molar-refractivity contribution in [3.8, 4) is 0 Å². The molecule has 0 atom stereocenters. The Morgan fingerprint density at radius 3 is 2.58 bits per heavy atom. The van der Waals surface area contributed by atoms with Crippen molar-refractivity contribution < 1.29 is 13.2 Å². The van der Waals surface area contributed by atoms with Gasteiger partial charge in [-0.2, -0.15) is 0 Å². The molecule has 2 aliphatic heterocycles. The van der Waals surface area contributed by atoms with Gasteiger partial charge in [0.25, 0.3) is 0 Å². The summed E-state index contributed by atoms with van der Waals surface area (Å²) in [5, 5.41) is 0. The Balaban J connectivity index is 1.84. The van der Waals surface area contributed by atoms with E-state index in [1.807, 2.05) is 17.9 Å². The molecule has 1 fully saturated rings. The molecule has 0 radical (unpaired) electrons. The number of carbonyl (C=O) groups excluding carboxylic acids is 1. The molecule has 0 bridgehead atoms. The molecule has 0 saturated carbocycles. The number of carbonyl (C=O) groups is 1. The zero-order valence-corrected chi connectivity index (χ0v) is 16.7. The Labute approximate surface area is 156 Å². The highest BCUT2D eigenvalue weighted by Gasteiger charge is 2.37. The number of hydrogen-bond donors (Lipinski definition) is 1. The quantitative estimate of drug-likeness (QED) is 0.822. The predicted octanol–water partition coefficient (Wildman–Crippen LogP) is 2.09. The topological polar surface area (TPSA) is 69.7 Å². The number of rotatable bonds is 6. The summed E-state index contributed by atoms with van der Waals surface area (Å²) in [5.41, 5.74) is 1.76. The molecule has 1 N–H and O–H groups in total. The Kier molecular flexibility index (Phi) is 5.30. The molecule has 1 amide bonds. The summed E-state index contributed by atoms with van der Waals surface area (Å²) >= 11 is 0. The van der Waals surface area contributed by atoms with E-state index < -0.39 is 10.0 Å². The fourth-order valence-corrected chi connectivity index (χ4v) is 5.00. The smallest absolute Gasteiger partial charge is 0.242 e. The van der Waals surface area contributed by atoms with Gasteiger partial charge in [-0.1, -0.05) is 20.8 Å². The fraction of sp³-hybridized carbons (Fsp3) is 0.632. The molecule has 2 heterocycles. The average molecular weight is 380 g/mol. The number of sulfonamides is 1. The van der Waals surface area contributed by atoms with Gasteiger partial charge in [0.1, 0.15) is 0 Å². The first kappa shape index (κ1) is 19.2. The van der Waals surface area contributed by atoms with E-state index in [1.165, 1.54) is 0 Å². The highest BCUT2D eigenvalue weighted by Crippen LogP contribution is 2.41. The second-order valence-electron chi connectivity index (χ2n) is 7.90. The van der Waals surface area contributed by atoms with E-state index in [2.05, 4.69) is 23.5 Å². The Bertz CT molecular complexity index is 783. The number of fused-ring (bicyclic) bond motifs is 1. The van der Waals surface area contributed by atoms with E-state index in [4.69, 9.17) is 0 Å². The lowest BCUT2D eigenvalue weighted by atomic mass is 9.87. The lowest BCUT2D eigenvalue weighted by Gasteiger charge is -2.24. The first-order chi connectivity index (χ1) is 12.2. The van der Waals surface area contributed by atoms with Gasteiger partial charge in [-0.3, -0.25) is 4.79 Å². The van der Waals surface area contributed by atoms with Crippen LogP contribution in [-0.2, 0) is 20.2 Å². The van der Waals surface area contributed by atoms with Crippen molar-refractivity contribution in [2.45, 2.75) is 50.3 Å². The largest absolute Gasteiger partial charge is 0.361 e. The Morgan fingerprint density at radius 1 is 1.23 bits per heavy atom.